The SMILES string of the molecule is CC1COCCN1c1nccc(Nc2cc(-c3ccc(OC(F)F)cc3)cnn2)n1. The quantitative estimate of drug-likeness (QED) is 0.656. The Labute approximate surface area is 171 Å². The first-order chi connectivity index (χ1) is 14.6. The number of anilines is 3. The molecule has 2 aromatic heterocycles. The third-order valence-electron chi connectivity index (χ3n) is 4.59. The fraction of sp³-hybridized carbons (Fsp3) is 0.300. The summed E-state index contributed by atoms with van der Waals surface area (Å²) in [7, 11) is 0. The summed E-state index contributed by atoms with van der Waals surface area (Å²) in [5, 5.41) is 11.3. The van der Waals surface area contributed by atoms with Gasteiger partial charge in [-0.05, 0) is 36.8 Å². The molecule has 1 saturated heterocycles. The Morgan fingerprint density at radius 1 is 1.17 bits per heavy atom. The summed E-state index contributed by atoms with van der Waals surface area (Å²) in [6.45, 7) is 1.21. The molecule has 0 radical (unpaired) electrons. The summed E-state index contributed by atoms with van der Waals surface area (Å²) in [6, 6.07) is 10.1. The second-order valence-corrected chi connectivity index (χ2v) is 6.72. The molecule has 8 nitrogen and oxygen atoms in total. The van der Waals surface area contributed by atoms with Crippen molar-refractivity contribution in [2.75, 3.05) is 30.0 Å². The largest absolute Gasteiger partial charge is 0.435 e. The van der Waals surface area contributed by atoms with Crippen LogP contribution in [0, 0.1) is 0 Å². The fourth-order valence-electron chi connectivity index (χ4n) is 3.13. The summed E-state index contributed by atoms with van der Waals surface area (Å²) >= 11 is 0. The molecule has 1 aromatic carbocycles. The summed E-state index contributed by atoms with van der Waals surface area (Å²) in [5.41, 5.74) is 1.56. The van der Waals surface area contributed by atoms with Crippen LogP contribution in [0.4, 0.5) is 26.4 Å². The van der Waals surface area contributed by atoms with Crippen LogP contribution in [-0.2, 0) is 4.74 Å². The van der Waals surface area contributed by atoms with Crippen LogP contribution in [0.2, 0.25) is 0 Å². The zero-order valence-electron chi connectivity index (χ0n) is 16.2. The molecule has 1 fully saturated rings. The van der Waals surface area contributed by atoms with Crippen molar-refractivity contribution in [2.45, 2.75) is 19.6 Å². The highest BCUT2D eigenvalue weighted by Gasteiger charge is 2.21. The summed E-state index contributed by atoms with van der Waals surface area (Å²) in [6.07, 6.45) is 3.28. The van der Waals surface area contributed by atoms with Crippen LogP contribution in [0.15, 0.2) is 48.8 Å². The van der Waals surface area contributed by atoms with E-state index in [1.54, 1.807) is 36.7 Å². The number of alkyl halides is 2. The first-order valence-electron chi connectivity index (χ1n) is 9.41. The lowest BCUT2D eigenvalue weighted by atomic mass is 10.1. The van der Waals surface area contributed by atoms with Gasteiger partial charge in [0.15, 0.2) is 5.82 Å². The second-order valence-electron chi connectivity index (χ2n) is 6.72. The number of morpholine rings is 1. The molecule has 1 aliphatic heterocycles. The molecular weight excluding hydrogens is 394 g/mol. The number of nitrogens with zero attached hydrogens (tertiary/aromatic N) is 5. The standard InChI is InChI=1S/C20H20F2N6O2/c1-13-12-29-9-8-28(13)20-23-7-6-17(26-20)25-18-10-15(11-24-27-18)14-2-4-16(5-3-14)30-19(21)22/h2-7,10-11,13,19H,8-9,12H2,1H3,(H,23,25,26,27). The van der Waals surface area contributed by atoms with Gasteiger partial charge >= 0.3 is 6.61 Å². The summed E-state index contributed by atoms with van der Waals surface area (Å²) in [5.74, 6) is 1.81. The smallest absolute Gasteiger partial charge is 0.387 e. The van der Waals surface area contributed by atoms with Gasteiger partial charge in [-0.3, -0.25) is 0 Å². The minimum atomic E-state index is -2.85. The zero-order chi connectivity index (χ0) is 20.9. The fourth-order valence-corrected chi connectivity index (χ4v) is 3.13. The molecule has 1 atom stereocenters. The van der Waals surface area contributed by atoms with E-state index >= 15 is 0 Å². The topological polar surface area (TPSA) is 85.3 Å². The van der Waals surface area contributed by atoms with Crippen LogP contribution in [0.1, 0.15) is 6.92 Å². The molecule has 0 spiro atoms. The van der Waals surface area contributed by atoms with Crippen LogP contribution in [0.3, 0.4) is 0 Å². The highest BCUT2D eigenvalue weighted by molar-refractivity contribution is 5.67. The minimum Gasteiger partial charge on any atom is -0.435 e. The van der Waals surface area contributed by atoms with Crippen LogP contribution in [0.25, 0.3) is 11.1 Å². The van der Waals surface area contributed by atoms with Gasteiger partial charge in [0.1, 0.15) is 11.6 Å². The van der Waals surface area contributed by atoms with Crippen molar-refractivity contribution in [2.24, 2.45) is 0 Å². The van der Waals surface area contributed by atoms with Crippen molar-refractivity contribution in [3.8, 4) is 16.9 Å². The second kappa shape index (κ2) is 8.95. The van der Waals surface area contributed by atoms with E-state index in [0.29, 0.717) is 30.8 Å². The number of nitrogens with one attached hydrogen (secondary N) is 1. The van der Waals surface area contributed by atoms with Crippen molar-refractivity contribution >= 4 is 17.6 Å². The molecule has 3 heterocycles. The van der Waals surface area contributed by atoms with E-state index < -0.39 is 6.61 Å². The average Bonchev–Trinajstić information content (AvgIpc) is 2.75. The van der Waals surface area contributed by atoms with Gasteiger partial charge in [-0.15, -0.1) is 5.10 Å². The Kier molecular flexibility index (Phi) is 5.94. The van der Waals surface area contributed by atoms with Gasteiger partial charge in [0.05, 0.1) is 25.5 Å². The van der Waals surface area contributed by atoms with E-state index in [1.165, 1.54) is 12.1 Å². The van der Waals surface area contributed by atoms with E-state index in [2.05, 4.69) is 42.0 Å². The first-order valence-corrected chi connectivity index (χ1v) is 9.41. The maximum atomic E-state index is 12.3. The molecule has 1 N–H and O–H groups in total. The van der Waals surface area contributed by atoms with Crippen molar-refractivity contribution in [1.29, 1.82) is 0 Å². The van der Waals surface area contributed by atoms with Crippen molar-refractivity contribution in [1.82, 2.24) is 20.2 Å². The molecule has 10 heteroatoms. The van der Waals surface area contributed by atoms with Crippen LogP contribution in [-0.4, -0.2) is 52.6 Å². The number of halogens is 2. The Morgan fingerprint density at radius 2 is 2.00 bits per heavy atom. The van der Waals surface area contributed by atoms with Gasteiger partial charge in [-0.25, -0.2) is 4.98 Å². The molecule has 1 aliphatic rings. The molecule has 0 bridgehead atoms. The number of ether oxygens (including phenoxy) is 2. The van der Waals surface area contributed by atoms with Crippen LogP contribution in [0.5, 0.6) is 5.75 Å². The molecule has 156 valence electrons. The average molecular weight is 414 g/mol. The Morgan fingerprint density at radius 3 is 2.77 bits per heavy atom. The van der Waals surface area contributed by atoms with E-state index in [1.807, 2.05) is 0 Å². The number of hydrogen-bond donors (Lipinski definition) is 1. The van der Waals surface area contributed by atoms with Crippen molar-refractivity contribution in [3.05, 3.63) is 48.8 Å². The Bertz CT molecular complexity index is 989. The van der Waals surface area contributed by atoms with Crippen molar-refractivity contribution < 1.29 is 18.3 Å². The van der Waals surface area contributed by atoms with Gasteiger partial charge in [-0.1, -0.05) is 12.1 Å². The number of hydrogen-bond acceptors (Lipinski definition) is 8. The number of benzene rings is 1. The predicted molar refractivity (Wildman–Crippen MR) is 107 cm³/mol. The molecule has 0 saturated carbocycles. The lowest BCUT2D eigenvalue weighted by molar-refractivity contribution is -0.0498. The number of aromatic nitrogens is 4. The summed E-state index contributed by atoms with van der Waals surface area (Å²) < 4.78 is 34.4. The monoisotopic (exact) mass is 414 g/mol. The molecule has 3 aromatic rings. The van der Waals surface area contributed by atoms with E-state index in [4.69, 9.17) is 4.74 Å². The Hall–Kier alpha value is -3.40. The summed E-state index contributed by atoms with van der Waals surface area (Å²) in [4.78, 5) is 11.0. The van der Waals surface area contributed by atoms with Gasteiger partial charge in [0.2, 0.25) is 5.95 Å². The molecule has 0 amide bonds. The highest BCUT2D eigenvalue weighted by Crippen LogP contribution is 2.25. The Balaban J connectivity index is 1.50. The minimum absolute atomic E-state index is 0.0972. The lowest BCUT2D eigenvalue weighted by Crippen LogP contribution is -2.44. The highest BCUT2D eigenvalue weighted by atomic mass is 19.3. The third-order valence-corrected chi connectivity index (χ3v) is 4.59. The lowest BCUT2D eigenvalue weighted by Gasteiger charge is -2.33. The van der Waals surface area contributed by atoms with Gasteiger partial charge in [0.25, 0.3) is 0 Å². The van der Waals surface area contributed by atoms with Gasteiger partial charge in [-0.2, -0.15) is 18.9 Å². The molecule has 30 heavy (non-hydrogen) atoms. The van der Waals surface area contributed by atoms with Crippen LogP contribution < -0.4 is 15.0 Å². The maximum absolute atomic E-state index is 12.3. The maximum Gasteiger partial charge on any atom is 0.387 e. The van der Waals surface area contributed by atoms with E-state index in [-0.39, 0.29) is 11.8 Å². The molecule has 1 unspecified atom stereocenters. The zero-order valence-corrected chi connectivity index (χ0v) is 16.2. The first kappa shape index (κ1) is 19.9. The van der Waals surface area contributed by atoms with Gasteiger partial charge in [0, 0.05) is 18.3 Å². The molecule has 4 rings (SSSR count). The third kappa shape index (κ3) is 4.77. The molecule has 0 aliphatic carbocycles. The molecular formula is C20H20F2N6O2. The normalized spacial score (nSPS) is 16.5. The van der Waals surface area contributed by atoms with Crippen molar-refractivity contribution in [3.63, 3.8) is 0 Å². The van der Waals surface area contributed by atoms with E-state index in [9.17, 15) is 8.78 Å². The predicted octanol–water partition coefficient (Wildman–Crippen LogP) is 3.50. The van der Waals surface area contributed by atoms with Crippen LogP contribution >= 0.6 is 0 Å². The van der Waals surface area contributed by atoms with Gasteiger partial charge < -0.3 is 19.7 Å². The number of rotatable bonds is 6. The van der Waals surface area contributed by atoms with E-state index in [0.717, 1.165) is 17.7 Å².